The van der Waals surface area contributed by atoms with Gasteiger partial charge < -0.3 is 24.6 Å². The molecule has 1 saturated heterocycles. The molecule has 28 heavy (non-hydrogen) atoms. The molecule has 154 valence electrons. The smallest absolute Gasteiger partial charge is 0.408 e. The molecule has 8 nitrogen and oxygen atoms in total. The molecule has 1 heterocycles. The van der Waals surface area contributed by atoms with Crippen molar-refractivity contribution < 1.29 is 23.9 Å². The van der Waals surface area contributed by atoms with E-state index in [1.165, 1.54) is 0 Å². The predicted octanol–water partition coefficient (Wildman–Crippen LogP) is 1.43. The Bertz CT molecular complexity index is 706. The van der Waals surface area contributed by atoms with Gasteiger partial charge in [-0.3, -0.25) is 9.59 Å². The predicted molar refractivity (Wildman–Crippen MR) is 104 cm³/mol. The molecule has 0 radical (unpaired) electrons. The maximum absolute atomic E-state index is 12.5. The minimum atomic E-state index is -0.618. The summed E-state index contributed by atoms with van der Waals surface area (Å²) in [7, 11) is 1.59. The summed E-state index contributed by atoms with van der Waals surface area (Å²) in [6.45, 7) is 6.99. The Morgan fingerprint density at radius 2 is 1.64 bits per heavy atom. The number of nitrogens with one attached hydrogen (secondary N) is 1. The molecule has 0 unspecified atom stereocenters. The summed E-state index contributed by atoms with van der Waals surface area (Å²) in [6, 6.07) is 7.43. The van der Waals surface area contributed by atoms with E-state index in [4.69, 9.17) is 9.47 Å². The molecule has 1 aromatic rings. The molecular formula is C20H29N3O5. The molecular weight excluding hydrogens is 362 g/mol. The third kappa shape index (κ3) is 6.75. The molecule has 3 amide bonds. The lowest BCUT2D eigenvalue weighted by molar-refractivity contribution is -0.138. The molecule has 8 heteroatoms. The zero-order valence-corrected chi connectivity index (χ0v) is 17.0. The van der Waals surface area contributed by atoms with Crippen LogP contribution in [0.4, 0.5) is 4.79 Å². The van der Waals surface area contributed by atoms with Crippen molar-refractivity contribution >= 4 is 17.9 Å². The van der Waals surface area contributed by atoms with Crippen LogP contribution in [0.5, 0.6) is 5.75 Å². The minimum absolute atomic E-state index is 0.0206. The van der Waals surface area contributed by atoms with Crippen molar-refractivity contribution in [3.8, 4) is 5.75 Å². The molecule has 0 bridgehead atoms. The Hall–Kier alpha value is -2.77. The van der Waals surface area contributed by atoms with Crippen LogP contribution in [0.1, 0.15) is 26.3 Å². The number of ether oxygens (including phenoxy) is 2. The number of hydrogen-bond acceptors (Lipinski definition) is 5. The van der Waals surface area contributed by atoms with Crippen LogP contribution in [0.3, 0.4) is 0 Å². The number of carbonyl (C=O) groups is 3. The second kappa shape index (κ2) is 9.43. The van der Waals surface area contributed by atoms with Gasteiger partial charge in [0, 0.05) is 26.2 Å². The number of carbonyl (C=O) groups excluding carboxylic acids is 3. The van der Waals surface area contributed by atoms with E-state index < -0.39 is 11.7 Å². The van der Waals surface area contributed by atoms with Crippen LogP contribution in [-0.4, -0.2) is 73.1 Å². The van der Waals surface area contributed by atoms with Gasteiger partial charge in [-0.15, -0.1) is 0 Å². The van der Waals surface area contributed by atoms with Gasteiger partial charge in [0.1, 0.15) is 17.9 Å². The fourth-order valence-corrected chi connectivity index (χ4v) is 2.85. The van der Waals surface area contributed by atoms with Crippen LogP contribution in [0, 0.1) is 0 Å². The van der Waals surface area contributed by atoms with Gasteiger partial charge in [-0.2, -0.15) is 0 Å². The highest BCUT2D eigenvalue weighted by Crippen LogP contribution is 2.14. The molecule has 2 rings (SSSR count). The van der Waals surface area contributed by atoms with Gasteiger partial charge in [0.25, 0.3) is 0 Å². The van der Waals surface area contributed by atoms with Crippen molar-refractivity contribution in [2.75, 3.05) is 39.8 Å². The molecule has 1 N–H and O–H groups in total. The van der Waals surface area contributed by atoms with E-state index in [2.05, 4.69) is 5.32 Å². The van der Waals surface area contributed by atoms with Crippen molar-refractivity contribution in [3.63, 3.8) is 0 Å². The molecule has 0 spiro atoms. The number of amides is 3. The second-order valence-corrected chi connectivity index (χ2v) is 7.65. The average molecular weight is 391 g/mol. The van der Waals surface area contributed by atoms with Crippen LogP contribution in [0.15, 0.2) is 24.3 Å². The van der Waals surface area contributed by atoms with Crippen LogP contribution >= 0.6 is 0 Å². The fourth-order valence-electron chi connectivity index (χ4n) is 2.85. The summed E-state index contributed by atoms with van der Waals surface area (Å²) in [5.74, 6) is 0.552. The Morgan fingerprint density at radius 3 is 2.21 bits per heavy atom. The van der Waals surface area contributed by atoms with Crippen molar-refractivity contribution in [2.45, 2.75) is 32.8 Å². The van der Waals surface area contributed by atoms with Crippen LogP contribution in [-0.2, 0) is 20.7 Å². The van der Waals surface area contributed by atoms with Gasteiger partial charge in [0.2, 0.25) is 11.8 Å². The summed E-state index contributed by atoms with van der Waals surface area (Å²) in [5, 5.41) is 2.47. The van der Waals surface area contributed by atoms with E-state index in [9.17, 15) is 14.4 Å². The normalized spacial score (nSPS) is 14.4. The van der Waals surface area contributed by atoms with E-state index in [0.29, 0.717) is 32.6 Å². The SMILES string of the molecule is COc1cccc(CC(=O)N2CCN(C(=O)CNC(=O)OC(C)(C)C)CC2)c1. The molecule has 0 aromatic heterocycles. The van der Waals surface area contributed by atoms with Crippen LogP contribution < -0.4 is 10.1 Å². The maximum Gasteiger partial charge on any atom is 0.408 e. The quantitative estimate of drug-likeness (QED) is 0.820. The monoisotopic (exact) mass is 391 g/mol. The number of alkyl carbamates (subject to hydrolysis) is 1. The zero-order valence-electron chi connectivity index (χ0n) is 17.0. The molecule has 0 atom stereocenters. The number of piperazine rings is 1. The summed E-state index contributed by atoms with van der Waals surface area (Å²) >= 11 is 0. The number of rotatable bonds is 5. The van der Waals surface area contributed by atoms with Crippen molar-refractivity contribution in [3.05, 3.63) is 29.8 Å². The molecule has 1 aliphatic heterocycles. The Kier molecular flexibility index (Phi) is 7.25. The van der Waals surface area contributed by atoms with Crippen molar-refractivity contribution in [1.29, 1.82) is 0 Å². The first kappa shape index (κ1) is 21.5. The van der Waals surface area contributed by atoms with Crippen molar-refractivity contribution in [2.24, 2.45) is 0 Å². The van der Waals surface area contributed by atoms with E-state index >= 15 is 0 Å². The van der Waals surface area contributed by atoms with Crippen LogP contribution in [0.25, 0.3) is 0 Å². The highest BCUT2D eigenvalue weighted by Gasteiger charge is 2.25. The third-order valence-electron chi connectivity index (χ3n) is 4.26. The van der Waals surface area contributed by atoms with Gasteiger partial charge in [-0.25, -0.2) is 4.79 Å². The van der Waals surface area contributed by atoms with Gasteiger partial charge in [-0.05, 0) is 38.5 Å². The number of benzene rings is 1. The minimum Gasteiger partial charge on any atom is -0.497 e. The lowest BCUT2D eigenvalue weighted by Gasteiger charge is -2.35. The summed E-state index contributed by atoms with van der Waals surface area (Å²) < 4.78 is 10.3. The summed E-state index contributed by atoms with van der Waals surface area (Å²) in [4.78, 5) is 39.8. The van der Waals surface area contributed by atoms with E-state index in [1.54, 1.807) is 37.7 Å². The van der Waals surface area contributed by atoms with E-state index in [-0.39, 0.29) is 18.4 Å². The zero-order chi connectivity index (χ0) is 20.7. The standard InChI is InChI=1S/C20H29N3O5/c1-20(2,3)28-19(26)21-14-18(25)23-10-8-22(9-11-23)17(24)13-15-6-5-7-16(12-15)27-4/h5-7,12H,8-11,13-14H2,1-4H3,(H,21,26). The molecule has 1 aliphatic rings. The Labute approximate surface area is 165 Å². The fraction of sp³-hybridized carbons (Fsp3) is 0.550. The maximum atomic E-state index is 12.5. The van der Waals surface area contributed by atoms with E-state index in [1.807, 2.05) is 24.3 Å². The third-order valence-corrected chi connectivity index (χ3v) is 4.26. The number of methoxy groups -OCH3 is 1. The lowest BCUT2D eigenvalue weighted by atomic mass is 10.1. The molecule has 0 aliphatic carbocycles. The molecule has 1 aromatic carbocycles. The first-order valence-corrected chi connectivity index (χ1v) is 9.33. The highest BCUT2D eigenvalue weighted by molar-refractivity contribution is 5.83. The average Bonchev–Trinajstić information content (AvgIpc) is 2.65. The number of hydrogen-bond donors (Lipinski definition) is 1. The summed E-state index contributed by atoms with van der Waals surface area (Å²) in [5.41, 5.74) is 0.284. The first-order valence-electron chi connectivity index (χ1n) is 9.33. The molecule has 0 saturated carbocycles. The highest BCUT2D eigenvalue weighted by atomic mass is 16.6. The van der Waals surface area contributed by atoms with Gasteiger partial charge in [0.15, 0.2) is 0 Å². The van der Waals surface area contributed by atoms with Gasteiger partial charge >= 0.3 is 6.09 Å². The second-order valence-electron chi connectivity index (χ2n) is 7.65. The van der Waals surface area contributed by atoms with Gasteiger partial charge in [-0.1, -0.05) is 12.1 Å². The Morgan fingerprint density at radius 1 is 1.04 bits per heavy atom. The largest absolute Gasteiger partial charge is 0.497 e. The van der Waals surface area contributed by atoms with E-state index in [0.717, 1.165) is 11.3 Å². The van der Waals surface area contributed by atoms with Gasteiger partial charge in [0.05, 0.1) is 13.5 Å². The van der Waals surface area contributed by atoms with Crippen LogP contribution in [0.2, 0.25) is 0 Å². The first-order chi connectivity index (χ1) is 13.2. The summed E-state index contributed by atoms with van der Waals surface area (Å²) in [6.07, 6.45) is -0.321. The Balaban J connectivity index is 1.76. The van der Waals surface area contributed by atoms with Crippen molar-refractivity contribution in [1.82, 2.24) is 15.1 Å². The lowest BCUT2D eigenvalue weighted by Crippen LogP contribution is -2.53. The number of nitrogens with zero attached hydrogens (tertiary/aromatic N) is 2. The molecule has 1 fully saturated rings. The topological polar surface area (TPSA) is 88.2 Å².